The van der Waals surface area contributed by atoms with E-state index in [0.717, 1.165) is 23.1 Å². The van der Waals surface area contributed by atoms with Crippen molar-refractivity contribution in [2.75, 3.05) is 11.9 Å². The highest BCUT2D eigenvalue weighted by atomic mass is 16.6. The largest absolute Gasteiger partial charge is 0.482 e. The first-order chi connectivity index (χ1) is 13.3. The Morgan fingerprint density at radius 1 is 1.07 bits per heavy atom. The van der Waals surface area contributed by atoms with E-state index in [4.69, 9.17) is 9.47 Å². The molecule has 0 aliphatic carbocycles. The lowest BCUT2D eigenvalue weighted by atomic mass is 9.98. The first-order valence-corrected chi connectivity index (χ1v) is 9.09. The number of para-hydroxylation sites is 1. The van der Waals surface area contributed by atoms with E-state index in [1.807, 2.05) is 39.0 Å². The van der Waals surface area contributed by atoms with Crippen molar-refractivity contribution in [2.24, 2.45) is 0 Å². The van der Waals surface area contributed by atoms with E-state index in [1.54, 1.807) is 24.3 Å². The predicted molar refractivity (Wildman–Crippen MR) is 107 cm³/mol. The molecule has 28 heavy (non-hydrogen) atoms. The summed E-state index contributed by atoms with van der Waals surface area (Å²) in [5.41, 5.74) is 3.23. The molecule has 2 aromatic carbocycles. The molecule has 6 heteroatoms. The fourth-order valence-electron chi connectivity index (χ4n) is 2.64. The minimum Gasteiger partial charge on any atom is -0.482 e. The van der Waals surface area contributed by atoms with Gasteiger partial charge in [-0.1, -0.05) is 32.0 Å². The second kappa shape index (κ2) is 9.69. The van der Waals surface area contributed by atoms with Gasteiger partial charge in [0.1, 0.15) is 12.0 Å². The normalized spacial score (nSPS) is 11.6. The van der Waals surface area contributed by atoms with Gasteiger partial charge in [0.15, 0.2) is 12.7 Å². The zero-order chi connectivity index (χ0) is 20.7. The summed E-state index contributed by atoms with van der Waals surface area (Å²) in [6.07, 6.45) is -0.245. The van der Waals surface area contributed by atoms with Gasteiger partial charge >= 0.3 is 5.97 Å². The molecule has 0 aliphatic rings. The van der Waals surface area contributed by atoms with Crippen molar-refractivity contribution in [3.05, 3.63) is 59.2 Å². The Balaban J connectivity index is 1.91. The number of nitrogens with one attached hydrogen (secondary N) is 1. The monoisotopic (exact) mass is 383 g/mol. The van der Waals surface area contributed by atoms with Crippen LogP contribution in [0.3, 0.4) is 0 Å². The van der Waals surface area contributed by atoms with E-state index >= 15 is 0 Å². The maximum absolute atomic E-state index is 12.5. The highest BCUT2D eigenvalue weighted by molar-refractivity contribution is 5.96. The molecule has 1 amide bonds. The molecule has 148 valence electrons. The molecule has 0 aromatic heterocycles. The number of rotatable bonds is 8. The predicted octanol–water partition coefficient (Wildman–Crippen LogP) is 3.88. The van der Waals surface area contributed by atoms with Gasteiger partial charge in [0, 0.05) is 11.3 Å². The summed E-state index contributed by atoms with van der Waals surface area (Å²) in [7, 11) is 0. The number of aldehydes is 1. The van der Waals surface area contributed by atoms with Crippen LogP contribution in [0.5, 0.6) is 5.75 Å². The smallest absolute Gasteiger partial charge is 0.344 e. The number of hydrogen-bond acceptors (Lipinski definition) is 5. The maximum Gasteiger partial charge on any atom is 0.344 e. The first kappa shape index (κ1) is 21.2. The van der Waals surface area contributed by atoms with Crippen LogP contribution in [0.4, 0.5) is 5.69 Å². The van der Waals surface area contributed by atoms with Crippen LogP contribution >= 0.6 is 0 Å². The van der Waals surface area contributed by atoms with Crippen LogP contribution in [-0.2, 0) is 14.3 Å². The van der Waals surface area contributed by atoms with Gasteiger partial charge < -0.3 is 14.8 Å². The maximum atomic E-state index is 12.5. The fraction of sp³-hybridized carbons (Fsp3) is 0.318. The molecule has 0 spiro atoms. The van der Waals surface area contributed by atoms with E-state index in [0.29, 0.717) is 11.3 Å². The van der Waals surface area contributed by atoms with Gasteiger partial charge in [-0.2, -0.15) is 0 Å². The number of anilines is 1. The number of hydrogen-bond donors (Lipinski definition) is 1. The van der Waals surface area contributed by atoms with Crippen LogP contribution in [0.2, 0.25) is 0 Å². The second-order valence-corrected chi connectivity index (χ2v) is 6.79. The van der Waals surface area contributed by atoms with Crippen molar-refractivity contribution in [3.8, 4) is 5.75 Å². The number of carbonyl (C=O) groups is 3. The minimum absolute atomic E-state index is 0.243. The average Bonchev–Trinajstić information content (AvgIpc) is 2.67. The van der Waals surface area contributed by atoms with Gasteiger partial charge in [-0.3, -0.25) is 9.59 Å². The fourth-order valence-corrected chi connectivity index (χ4v) is 2.64. The lowest BCUT2D eigenvalue weighted by molar-refractivity contribution is -0.155. The number of amides is 1. The Morgan fingerprint density at radius 2 is 1.75 bits per heavy atom. The molecule has 0 unspecified atom stereocenters. The van der Waals surface area contributed by atoms with Crippen molar-refractivity contribution in [1.82, 2.24) is 0 Å². The summed E-state index contributed by atoms with van der Waals surface area (Å²) in [4.78, 5) is 35.0. The Hall–Kier alpha value is -3.15. The SMILES string of the molecule is Cc1cccc(C(C)C)c1NC(=O)[C@@H](C)OC(=O)COc1ccc(C=O)cc1. The molecular formula is C22H25NO5. The van der Waals surface area contributed by atoms with Crippen molar-refractivity contribution in [1.29, 1.82) is 0 Å². The van der Waals surface area contributed by atoms with E-state index in [1.165, 1.54) is 6.92 Å². The van der Waals surface area contributed by atoms with E-state index in [2.05, 4.69) is 5.32 Å². The highest BCUT2D eigenvalue weighted by Crippen LogP contribution is 2.27. The third-order valence-electron chi connectivity index (χ3n) is 4.23. The van der Waals surface area contributed by atoms with Crippen LogP contribution < -0.4 is 10.1 Å². The zero-order valence-electron chi connectivity index (χ0n) is 16.5. The Kier molecular flexibility index (Phi) is 7.32. The Bertz CT molecular complexity index is 843. The number of esters is 1. The molecule has 0 aliphatic heterocycles. The molecule has 6 nitrogen and oxygen atoms in total. The summed E-state index contributed by atoms with van der Waals surface area (Å²) < 4.78 is 10.5. The molecule has 2 rings (SSSR count). The van der Waals surface area contributed by atoms with Crippen molar-refractivity contribution >= 4 is 23.9 Å². The van der Waals surface area contributed by atoms with E-state index in [-0.39, 0.29) is 12.5 Å². The summed E-state index contributed by atoms with van der Waals surface area (Å²) >= 11 is 0. The average molecular weight is 383 g/mol. The molecule has 2 aromatic rings. The van der Waals surface area contributed by atoms with Crippen LogP contribution in [0.15, 0.2) is 42.5 Å². The molecule has 0 fully saturated rings. The third kappa shape index (κ3) is 5.67. The van der Waals surface area contributed by atoms with Gasteiger partial charge in [0.25, 0.3) is 5.91 Å². The summed E-state index contributed by atoms with van der Waals surface area (Å²) in [5.74, 6) is -0.385. The second-order valence-electron chi connectivity index (χ2n) is 6.79. The quantitative estimate of drug-likeness (QED) is 0.553. The van der Waals surface area contributed by atoms with Crippen molar-refractivity contribution in [2.45, 2.75) is 39.7 Å². The molecular weight excluding hydrogens is 358 g/mol. The van der Waals surface area contributed by atoms with E-state index < -0.39 is 18.0 Å². The van der Waals surface area contributed by atoms with Gasteiger partial charge in [0.05, 0.1) is 0 Å². The first-order valence-electron chi connectivity index (χ1n) is 9.09. The summed E-state index contributed by atoms with van der Waals surface area (Å²) in [5, 5.41) is 2.86. The number of benzene rings is 2. The third-order valence-corrected chi connectivity index (χ3v) is 4.23. The highest BCUT2D eigenvalue weighted by Gasteiger charge is 2.20. The number of aryl methyl sites for hydroxylation is 1. The van der Waals surface area contributed by atoms with E-state index in [9.17, 15) is 14.4 Å². The molecule has 0 saturated heterocycles. The molecule has 0 saturated carbocycles. The zero-order valence-corrected chi connectivity index (χ0v) is 16.5. The minimum atomic E-state index is -0.965. The number of carbonyl (C=O) groups excluding carboxylic acids is 3. The summed E-state index contributed by atoms with van der Waals surface area (Å²) in [6.45, 7) is 7.20. The molecule has 0 heterocycles. The van der Waals surface area contributed by atoms with Crippen molar-refractivity contribution < 1.29 is 23.9 Å². The molecule has 0 radical (unpaired) electrons. The van der Waals surface area contributed by atoms with Gasteiger partial charge in [-0.05, 0) is 55.2 Å². The Morgan fingerprint density at radius 3 is 2.36 bits per heavy atom. The van der Waals surface area contributed by atoms with Gasteiger partial charge in [0.2, 0.25) is 0 Å². The van der Waals surface area contributed by atoms with Crippen LogP contribution in [0.1, 0.15) is 48.2 Å². The Labute approximate surface area is 164 Å². The number of ether oxygens (including phenoxy) is 2. The van der Waals surface area contributed by atoms with Crippen LogP contribution in [-0.4, -0.2) is 30.9 Å². The van der Waals surface area contributed by atoms with Crippen molar-refractivity contribution in [3.63, 3.8) is 0 Å². The van der Waals surface area contributed by atoms with Gasteiger partial charge in [-0.15, -0.1) is 0 Å². The lowest BCUT2D eigenvalue weighted by Crippen LogP contribution is -2.32. The lowest BCUT2D eigenvalue weighted by Gasteiger charge is -2.19. The molecule has 0 bridgehead atoms. The van der Waals surface area contributed by atoms with Gasteiger partial charge in [-0.25, -0.2) is 4.79 Å². The molecule has 1 N–H and O–H groups in total. The summed E-state index contributed by atoms with van der Waals surface area (Å²) in [6, 6.07) is 12.2. The standard InChI is InChI=1S/C22H25NO5/c1-14(2)19-7-5-6-15(3)21(19)23-22(26)16(4)28-20(25)13-27-18-10-8-17(12-24)9-11-18/h5-12,14,16H,13H2,1-4H3,(H,23,26)/t16-/m1/s1. The van der Waals surface area contributed by atoms with Crippen LogP contribution in [0, 0.1) is 6.92 Å². The molecule has 1 atom stereocenters. The van der Waals surface area contributed by atoms with Crippen LogP contribution in [0.25, 0.3) is 0 Å². The topological polar surface area (TPSA) is 81.7 Å².